The van der Waals surface area contributed by atoms with E-state index >= 15 is 0 Å². The highest BCUT2D eigenvalue weighted by atomic mass is 32.1. The zero-order valence-corrected chi connectivity index (χ0v) is 11.0. The molecule has 16 heavy (non-hydrogen) atoms. The molecule has 0 aliphatic carbocycles. The van der Waals surface area contributed by atoms with Crippen molar-refractivity contribution in [2.45, 2.75) is 39.0 Å². The van der Waals surface area contributed by atoms with Crippen LogP contribution in [0.4, 0.5) is 0 Å². The molecule has 1 nitrogen and oxygen atoms in total. The van der Waals surface area contributed by atoms with Crippen LogP contribution < -0.4 is 4.74 Å². The zero-order chi connectivity index (χ0) is 11.6. The Labute approximate surface area is 105 Å². The molecule has 0 heterocycles. The van der Waals surface area contributed by atoms with Crippen molar-refractivity contribution in [2.24, 2.45) is 0 Å². The number of thiol groups is 1. The molecule has 0 saturated carbocycles. The van der Waals surface area contributed by atoms with E-state index in [2.05, 4.69) is 43.8 Å². The molecule has 1 aromatic rings. The Hall–Kier alpha value is -0.630. The van der Waals surface area contributed by atoms with Gasteiger partial charge in [-0.25, -0.2) is 0 Å². The second-order valence-corrected chi connectivity index (χ2v) is 4.47. The second-order valence-electron chi connectivity index (χ2n) is 4.03. The van der Waals surface area contributed by atoms with Crippen LogP contribution in [0.15, 0.2) is 24.3 Å². The third kappa shape index (κ3) is 5.45. The summed E-state index contributed by atoms with van der Waals surface area (Å²) < 4.78 is 5.61. The molecule has 0 atom stereocenters. The van der Waals surface area contributed by atoms with E-state index < -0.39 is 0 Å². The minimum absolute atomic E-state index is 0.829. The summed E-state index contributed by atoms with van der Waals surface area (Å²) in [6.07, 6.45) is 5.87. The van der Waals surface area contributed by atoms with Gasteiger partial charge >= 0.3 is 0 Å². The molecule has 0 N–H and O–H groups in total. The highest BCUT2D eigenvalue weighted by Crippen LogP contribution is 2.14. The fourth-order valence-electron chi connectivity index (χ4n) is 1.53. The lowest BCUT2D eigenvalue weighted by Crippen LogP contribution is -1.96. The summed E-state index contributed by atoms with van der Waals surface area (Å²) in [5.74, 6) is 1.98. The van der Waals surface area contributed by atoms with Crippen LogP contribution in [0.1, 0.15) is 38.2 Å². The predicted octanol–water partition coefficient (Wildman–Crippen LogP) is 4.12. The summed E-state index contributed by atoms with van der Waals surface area (Å²) in [6.45, 7) is 3.00. The van der Waals surface area contributed by atoms with Gasteiger partial charge < -0.3 is 4.74 Å². The van der Waals surface area contributed by atoms with Gasteiger partial charge in [0.25, 0.3) is 0 Å². The Morgan fingerprint density at radius 2 is 1.81 bits per heavy atom. The molecule has 1 rings (SSSR count). The van der Waals surface area contributed by atoms with Gasteiger partial charge in [-0.05, 0) is 49.1 Å². The number of unbranched alkanes of at least 4 members (excludes halogenated alkanes) is 2. The van der Waals surface area contributed by atoms with Gasteiger partial charge in [0.1, 0.15) is 5.75 Å². The summed E-state index contributed by atoms with van der Waals surface area (Å²) in [4.78, 5) is 0. The molecule has 0 fully saturated rings. The van der Waals surface area contributed by atoms with Gasteiger partial charge in [-0.2, -0.15) is 12.6 Å². The molecular formula is C14H22OS. The first kappa shape index (κ1) is 13.4. The molecule has 0 bridgehead atoms. The Kier molecular flexibility index (Phi) is 7.15. The Morgan fingerprint density at radius 3 is 2.44 bits per heavy atom. The van der Waals surface area contributed by atoms with Gasteiger partial charge in [0.15, 0.2) is 0 Å². The summed E-state index contributed by atoms with van der Waals surface area (Å²) >= 11 is 4.21. The van der Waals surface area contributed by atoms with Crippen molar-refractivity contribution in [3.8, 4) is 5.75 Å². The van der Waals surface area contributed by atoms with Crippen molar-refractivity contribution in [3.05, 3.63) is 29.8 Å². The highest BCUT2D eigenvalue weighted by molar-refractivity contribution is 7.80. The normalized spacial score (nSPS) is 10.4. The Morgan fingerprint density at radius 1 is 1.06 bits per heavy atom. The third-order valence-corrected chi connectivity index (χ3v) is 2.88. The van der Waals surface area contributed by atoms with Gasteiger partial charge in [0, 0.05) is 0 Å². The standard InChI is InChI=1S/C14H22OS/c1-2-3-11-15-14-9-7-13(8-10-14)6-4-5-12-16/h7-10,16H,2-6,11-12H2,1H3. The van der Waals surface area contributed by atoms with Crippen LogP contribution in [-0.4, -0.2) is 12.4 Å². The zero-order valence-electron chi connectivity index (χ0n) is 10.1. The van der Waals surface area contributed by atoms with E-state index in [0.29, 0.717) is 0 Å². The number of aryl methyl sites for hydroxylation is 1. The quantitative estimate of drug-likeness (QED) is 0.529. The summed E-state index contributed by atoms with van der Waals surface area (Å²) in [5.41, 5.74) is 1.39. The van der Waals surface area contributed by atoms with E-state index in [-0.39, 0.29) is 0 Å². The number of benzene rings is 1. The molecule has 0 radical (unpaired) electrons. The van der Waals surface area contributed by atoms with E-state index in [0.717, 1.165) is 31.0 Å². The van der Waals surface area contributed by atoms with Crippen molar-refractivity contribution in [1.82, 2.24) is 0 Å². The topological polar surface area (TPSA) is 9.23 Å². The Bertz CT molecular complexity index is 240. The lowest BCUT2D eigenvalue weighted by atomic mass is 10.1. The maximum absolute atomic E-state index is 5.61. The Balaban J connectivity index is 2.30. The monoisotopic (exact) mass is 238 g/mol. The molecule has 0 spiro atoms. The van der Waals surface area contributed by atoms with Crippen molar-refractivity contribution in [2.75, 3.05) is 12.4 Å². The first-order valence-electron chi connectivity index (χ1n) is 6.19. The largest absolute Gasteiger partial charge is 0.494 e. The molecule has 0 saturated heterocycles. The van der Waals surface area contributed by atoms with Gasteiger partial charge in [0.2, 0.25) is 0 Å². The SMILES string of the molecule is CCCCOc1ccc(CCCCS)cc1. The summed E-state index contributed by atoms with van der Waals surface area (Å²) in [7, 11) is 0. The average Bonchev–Trinajstić information content (AvgIpc) is 2.32. The molecule has 90 valence electrons. The van der Waals surface area contributed by atoms with Crippen molar-refractivity contribution in [1.29, 1.82) is 0 Å². The lowest BCUT2D eigenvalue weighted by molar-refractivity contribution is 0.309. The minimum atomic E-state index is 0.829. The smallest absolute Gasteiger partial charge is 0.119 e. The van der Waals surface area contributed by atoms with E-state index in [4.69, 9.17) is 4.74 Å². The van der Waals surface area contributed by atoms with Crippen molar-refractivity contribution in [3.63, 3.8) is 0 Å². The molecule has 1 aromatic carbocycles. The van der Waals surface area contributed by atoms with Gasteiger partial charge in [-0.3, -0.25) is 0 Å². The van der Waals surface area contributed by atoms with Crippen molar-refractivity contribution < 1.29 is 4.74 Å². The maximum Gasteiger partial charge on any atom is 0.119 e. The van der Waals surface area contributed by atoms with Gasteiger partial charge in [-0.1, -0.05) is 25.5 Å². The van der Waals surface area contributed by atoms with E-state index in [1.807, 2.05) is 0 Å². The van der Waals surface area contributed by atoms with E-state index in [1.54, 1.807) is 0 Å². The predicted molar refractivity (Wildman–Crippen MR) is 73.6 cm³/mol. The number of ether oxygens (including phenoxy) is 1. The van der Waals surface area contributed by atoms with Crippen LogP contribution in [0.5, 0.6) is 5.75 Å². The minimum Gasteiger partial charge on any atom is -0.494 e. The van der Waals surface area contributed by atoms with Gasteiger partial charge in [0.05, 0.1) is 6.61 Å². The molecule has 0 aromatic heterocycles. The second kappa shape index (κ2) is 8.51. The molecule has 0 aliphatic heterocycles. The molecule has 0 aliphatic rings. The number of rotatable bonds is 8. The molecule has 2 heteroatoms. The summed E-state index contributed by atoms with van der Waals surface area (Å²) in [6, 6.07) is 8.48. The maximum atomic E-state index is 5.61. The van der Waals surface area contributed by atoms with Crippen molar-refractivity contribution >= 4 is 12.6 Å². The van der Waals surface area contributed by atoms with Crippen LogP contribution in [0.3, 0.4) is 0 Å². The number of hydrogen-bond donors (Lipinski definition) is 1. The van der Waals surface area contributed by atoms with E-state index in [1.165, 1.54) is 24.8 Å². The van der Waals surface area contributed by atoms with Crippen LogP contribution in [0.2, 0.25) is 0 Å². The first-order valence-corrected chi connectivity index (χ1v) is 6.82. The van der Waals surface area contributed by atoms with Crippen LogP contribution in [0.25, 0.3) is 0 Å². The first-order chi connectivity index (χ1) is 7.86. The summed E-state index contributed by atoms with van der Waals surface area (Å²) in [5, 5.41) is 0. The van der Waals surface area contributed by atoms with Crippen LogP contribution in [0, 0.1) is 0 Å². The fourth-order valence-corrected chi connectivity index (χ4v) is 1.75. The van der Waals surface area contributed by atoms with Crippen LogP contribution >= 0.6 is 12.6 Å². The lowest BCUT2D eigenvalue weighted by Gasteiger charge is -2.06. The fraction of sp³-hybridized carbons (Fsp3) is 0.571. The molecule has 0 amide bonds. The highest BCUT2D eigenvalue weighted by Gasteiger charge is 1.95. The number of hydrogen-bond acceptors (Lipinski definition) is 2. The molecule has 0 unspecified atom stereocenters. The van der Waals surface area contributed by atoms with Crippen LogP contribution in [-0.2, 0) is 6.42 Å². The molecular weight excluding hydrogens is 216 g/mol. The average molecular weight is 238 g/mol. The third-order valence-electron chi connectivity index (χ3n) is 2.56. The van der Waals surface area contributed by atoms with E-state index in [9.17, 15) is 0 Å². The van der Waals surface area contributed by atoms with Gasteiger partial charge in [-0.15, -0.1) is 0 Å².